The van der Waals surface area contributed by atoms with Gasteiger partial charge in [0.15, 0.2) is 17.5 Å². The van der Waals surface area contributed by atoms with Crippen LogP contribution >= 0.6 is 0 Å². The van der Waals surface area contributed by atoms with E-state index in [0.717, 1.165) is 30.5 Å². The van der Waals surface area contributed by atoms with Crippen molar-refractivity contribution in [3.63, 3.8) is 0 Å². The Morgan fingerprint density at radius 2 is 1.76 bits per heavy atom. The van der Waals surface area contributed by atoms with Crippen molar-refractivity contribution in [3.05, 3.63) is 70.5 Å². The first-order valence-corrected chi connectivity index (χ1v) is 6.99. The predicted octanol–water partition coefficient (Wildman–Crippen LogP) is 4.45. The summed E-state index contributed by atoms with van der Waals surface area (Å²) in [6.07, 6.45) is 2.10. The molecule has 0 saturated heterocycles. The number of aliphatic hydroxyl groups excluding tert-OH is 1. The lowest BCUT2D eigenvalue weighted by molar-refractivity contribution is 0.212. The largest absolute Gasteiger partial charge is 0.384 e. The fourth-order valence-electron chi connectivity index (χ4n) is 2.66. The Hall–Kier alpha value is -1.81. The highest BCUT2D eigenvalue weighted by Gasteiger charge is 2.23. The Morgan fingerprint density at radius 3 is 2.43 bits per heavy atom. The minimum absolute atomic E-state index is 0.250. The summed E-state index contributed by atoms with van der Waals surface area (Å²) in [6, 6.07) is 9.15. The molecule has 3 rings (SSSR count). The average molecular weight is 292 g/mol. The highest BCUT2D eigenvalue weighted by molar-refractivity contribution is 5.35. The number of benzene rings is 2. The van der Waals surface area contributed by atoms with Crippen LogP contribution in [0.4, 0.5) is 13.2 Å². The second-order valence-corrected chi connectivity index (χ2v) is 5.47. The molecule has 1 atom stereocenters. The van der Waals surface area contributed by atoms with Gasteiger partial charge in [0, 0.05) is 5.56 Å². The standard InChI is InChI=1S/C17H15F3O/c18-14-8-7-13(15(19)16(14)20)17(21)12-6-2-5-11(9-12)10-3-1-4-10/h2,5-10,17,21H,1,3-4H2. The van der Waals surface area contributed by atoms with Crippen LogP contribution in [0.2, 0.25) is 0 Å². The number of hydrogen-bond donors (Lipinski definition) is 1. The van der Waals surface area contributed by atoms with Gasteiger partial charge in [0.05, 0.1) is 0 Å². The molecule has 0 spiro atoms. The van der Waals surface area contributed by atoms with E-state index in [2.05, 4.69) is 0 Å². The van der Waals surface area contributed by atoms with Gasteiger partial charge in [0.1, 0.15) is 6.10 Å². The first kappa shape index (κ1) is 14.1. The van der Waals surface area contributed by atoms with Crippen LogP contribution in [0, 0.1) is 17.5 Å². The van der Waals surface area contributed by atoms with E-state index in [0.29, 0.717) is 11.5 Å². The van der Waals surface area contributed by atoms with Crippen molar-refractivity contribution in [3.8, 4) is 0 Å². The average Bonchev–Trinajstić information content (AvgIpc) is 2.43. The van der Waals surface area contributed by atoms with E-state index in [1.54, 1.807) is 12.1 Å². The lowest BCUT2D eigenvalue weighted by atomic mass is 9.79. The van der Waals surface area contributed by atoms with Crippen molar-refractivity contribution in [1.29, 1.82) is 0 Å². The van der Waals surface area contributed by atoms with Crippen LogP contribution in [0.1, 0.15) is 48.0 Å². The molecule has 21 heavy (non-hydrogen) atoms. The minimum Gasteiger partial charge on any atom is -0.384 e. The van der Waals surface area contributed by atoms with Gasteiger partial charge in [-0.15, -0.1) is 0 Å². The van der Waals surface area contributed by atoms with Gasteiger partial charge in [-0.05, 0) is 36.0 Å². The van der Waals surface area contributed by atoms with Gasteiger partial charge < -0.3 is 5.11 Å². The molecule has 0 amide bonds. The zero-order valence-corrected chi connectivity index (χ0v) is 11.3. The Bertz CT molecular complexity index is 665. The summed E-state index contributed by atoms with van der Waals surface area (Å²) in [5.41, 5.74) is 1.34. The molecule has 0 radical (unpaired) electrons. The molecule has 1 unspecified atom stereocenters. The monoisotopic (exact) mass is 292 g/mol. The summed E-state index contributed by atoms with van der Waals surface area (Å²) in [5.74, 6) is -3.67. The first-order valence-electron chi connectivity index (χ1n) is 6.99. The molecule has 2 aromatic carbocycles. The van der Waals surface area contributed by atoms with Gasteiger partial charge in [-0.2, -0.15) is 0 Å². The van der Waals surface area contributed by atoms with Crippen molar-refractivity contribution in [2.24, 2.45) is 0 Å². The number of halogens is 3. The van der Waals surface area contributed by atoms with E-state index in [1.165, 1.54) is 6.42 Å². The smallest absolute Gasteiger partial charge is 0.194 e. The minimum atomic E-state index is -1.55. The van der Waals surface area contributed by atoms with Crippen LogP contribution < -0.4 is 0 Å². The Balaban J connectivity index is 1.95. The quantitative estimate of drug-likeness (QED) is 0.828. The maximum Gasteiger partial charge on any atom is 0.194 e. The van der Waals surface area contributed by atoms with Crippen LogP contribution in [-0.4, -0.2) is 5.11 Å². The Morgan fingerprint density at radius 1 is 1.00 bits per heavy atom. The predicted molar refractivity (Wildman–Crippen MR) is 73.4 cm³/mol. The SMILES string of the molecule is OC(c1cccc(C2CCC2)c1)c1ccc(F)c(F)c1F. The zero-order chi connectivity index (χ0) is 15.0. The third-order valence-electron chi connectivity index (χ3n) is 4.16. The number of hydrogen-bond acceptors (Lipinski definition) is 1. The molecular formula is C17H15F3O. The maximum atomic E-state index is 13.8. The maximum absolute atomic E-state index is 13.8. The molecule has 1 saturated carbocycles. The van der Waals surface area contributed by atoms with Crippen LogP contribution in [0.15, 0.2) is 36.4 Å². The molecule has 110 valence electrons. The van der Waals surface area contributed by atoms with Gasteiger partial charge in [0.2, 0.25) is 0 Å². The summed E-state index contributed by atoms with van der Waals surface area (Å²) < 4.78 is 40.0. The summed E-state index contributed by atoms with van der Waals surface area (Å²) in [6.45, 7) is 0. The van der Waals surface area contributed by atoms with Crippen molar-refractivity contribution in [2.75, 3.05) is 0 Å². The normalized spacial score (nSPS) is 16.6. The third-order valence-corrected chi connectivity index (χ3v) is 4.16. The second-order valence-electron chi connectivity index (χ2n) is 5.47. The van der Waals surface area contributed by atoms with Crippen LogP contribution in [-0.2, 0) is 0 Å². The van der Waals surface area contributed by atoms with Crippen molar-refractivity contribution in [2.45, 2.75) is 31.3 Å². The highest BCUT2D eigenvalue weighted by Crippen LogP contribution is 2.37. The van der Waals surface area contributed by atoms with E-state index in [-0.39, 0.29) is 5.56 Å². The number of rotatable bonds is 3. The fourth-order valence-corrected chi connectivity index (χ4v) is 2.66. The van der Waals surface area contributed by atoms with E-state index < -0.39 is 23.6 Å². The van der Waals surface area contributed by atoms with Gasteiger partial charge >= 0.3 is 0 Å². The van der Waals surface area contributed by atoms with Crippen LogP contribution in [0.5, 0.6) is 0 Å². The molecule has 1 fully saturated rings. The topological polar surface area (TPSA) is 20.2 Å². The van der Waals surface area contributed by atoms with Crippen LogP contribution in [0.3, 0.4) is 0 Å². The van der Waals surface area contributed by atoms with Crippen molar-refractivity contribution in [1.82, 2.24) is 0 Å². The summed E-state index contributed by atoms with van der Waals surface area (Å²) in [5, 5.41) is 10.3. The second kappa shape index (κ2) is 5.53. The summed E-state index contributed by atoms with van der Waals surface area (Å²) >= 11 is 0. The first-order chi connectivity index (χ1) is 10.1. The van der Waals surface area contributed by atoms with E-state index in [9.17, 15) is 18.3 Å². The summed E-state index contributed by atoms with van der Waals surface area (Å²) in [4.78, 5) is 0. The molecule has 2 aromatic rings. The number of aliphatic hydroxyl groups is 1. The fraction of sp³-hybridized carbons (Fsp3) is 0.294. The van der Waals surface area contributed by atoms with Crippen LogP contribution in [0.25, 0.3) is 0 Å². The van der Waals surface area contributed by atoms with Gasteiger partial charge in [0.25, 0.3) is 0 Å². The molecule has 1 aliphatic carbocycles. The summed E-state index contributed by atoms with van der Waals surface area (Å²) in [7, 11) is 0. The Labute approximate surface area is 121 Å². The van der Waals surface area contributed by atoms with Gasteiger partial charge in [-0.1, -0.05) is 36.8 Å². The van der Waals surface area contributed by atoms with E-state index in [1.807, 2.05) is 12.1 Å². The molecule has 0 bridgehead atoms. The molecule has 0 heterocycles. The Kier molecular flexibility index (Phi) is 3.72. The van der Waals surface area contributed by atoms with E-state index >= 15 is 0 Å². The van der Waals surface area contributed by atoms with Crippen molar-refractivity contribution >= 4 is 0 Å². The molecule has 0 aliphatic heterocycles. The molecule has 1 aliphatic rings. The molecule has 1 N–H and O–H groups in total. The van der Waals surface area contributed by atoms with Gasteiger partial charge in [-0.3, -0.25) is 0 Å². The molecule has 0 aromatic heterocycles. The van der Waals surface area contributed by atoms with Crippen molar-refractivity contribution < 1.29 is 18.3 Å². The zero-order valence-electron chi connectivity index (χ0n) is 11.3. The lowest BCUT2D eigenvalue weighted by Gasteiger charge is -2.26. The molecule has 4 heteroatoms. The third kappa shape index (κ3) is 2.56. The molecular weight excluding hydrogens is 277 g/mol. The highest BCUT2D eigenvalue weighted by atomic mass is 19.2. The molecule has 1 nitrogen and oxygen atoms in total. The van der Waals surface area contributed by atoms with E-state index in [4.69, 9.17) is 0 Å². The van der Waals surface area contributed by atoms with Gasteiger partial charge in [-0.25, -0.2) is 13.2 Å². The lowest BCUT2D eigenvalue weighted by Crippen LogP contribution is -2.10.